The Bertz CT molecular complexity index is 555. The Morgan fingerprint density at radius 1 is 1.47 bits per heavy atom. The van der Waals surface area contributed by atoms with Gasteiger partial charge in [-0.1, -0.05) is 11.6 Å². The van der Waals surface area contributed by atoms with Crippen LogP contribution in [0.3, 0.4) is 0 Å². The van der Waals surface area contributed by atoms with Crippen LogP contribution in [0.2, 0.25) is 5.02 Å². The van der Waals surface area contributed by atoms with E-state index in [1.54, 1.807) is 11.6 Å². The van der Waals surface area contributed by atoms with Crippen molar-refractivity contribution < 1.29 is 22.3 Å². The first-order chi connectivity index (χ1) is 8.59. The first-order valence-corrected chi connectivity index (χ1v) is 6.99. The Balaban J connectivity index is 3.02. The first kappa shape index (κ1) is 16.1. The molecule has 108 valence electrons. The molecular weight excluding hydrogens is 302 g/mol. The van der Waals surface area contributed by atoms with Gasteiger partial charge in [0.05, 0.1) is 22.2 Å². The molecule has 0 fully saturated rings. The van der Waals surface area contributed by atoms with E-state index in [9.17, 15) is 17.2 Å². The summed E-state index contributed by atoms with van der Waals surface area (Å²) >= 11 is 5.78. The summed E-state index contributed by atoms with van der Waals surface area (Å²) in [5.74, 6) is -3.53. The van der Waals surface area contributed by atoms with Gasteiger partial charge in [0, 0.05) is 0 Å². The van der Waals surface area contributed by atoms with Crippen LogP contribution in [0.25, 0.3) is 0 Å². The fourth-order valence-electron chi connectivity index (χ4n) is 1.26. The van der Waals surface area contributed by atoms with E-state index in [4.69, 9.17) is 22.4 Å². The minimum atomic E-state index is -4.15. The third-order valence-electron chi connectivity index (χ3n) is 2.32. The lowest BCUT2D eigenvalue weighted by Crippen LogP contribution is -2.39. The SMILES string of the molecule is Cc1cc(S(=O)(=O)NCC(F)(F)CO)cc(N)c1Cl. The van der Waals surface area contributed by atoms with Crippen molar-refractivity contribution in [2.45, 2.75) is 17.7 Å². The number of nitrogens with one attached hydrogen (secondary N) is 1. The van der Waals surface area contributed by atoms with Crippen molar-refractivity contribution in [2.75, 3.05) is 18.9 Å². The Kier molecular flexibility index (Phi) is 4.72. The van der Waals surface area contributed by atoms with Crippen LogP contribution in [0.4, 0.5) is 14.5 Å². The van der Waals surface area contributed by atoms with Crippen molar-refractivity contribution in [1.29, 1.82) is 0 Å². The summed E-state index contributed by atoms with van der Waals surface area (Å²) < 4.78 is 50.9. The van der Waals surface area contributed by atoms with E-state index in [0.717, 1.165) is 6.07 Å². The summed E-state index contributed by atoms with van der Waals surface area (Å²) in [6.45, 7) is -1.11. The van der Waals surface area contributed by atoms with Crippen LogP contribution >= 0.6 is 11.6 Å². The van der Waals surface area contributed by atoms with Gasteiger partial charge in [0.2, 0.25) is 10.0 Å². The smallest absolute Gasteiger partial charge is 0.283 e. The van der Waals surface area contributed by atoms with Gasteiger partial charge in [-0.3, -0.25) is 0 Å². The van der Waals surface area contributed by atoms with Crippen molar-refractivity contribution >= 4 is 27.3 Å². The number of aliphatic hydroxyl groups excluding tert-OH is 1. The predicted molar refractivity (Wildman–Crippen MR) is 67.8 cm³/mol. The second-order valence-electron chi connectivity index (χ2n) is 3.98. The second-order valence-corrected chi connectivity index (χ2v) is 6.13. The summed E-state index contributed by atoms with van der Waals surface area (Å²) in [6, 6.07) is 2.30. The molecule has 0 aliphatic carbocycles. The van der Waals surface area contributed by atoms with E-state index in [1.165, 1.54) is 6.07 Å². The van der Waals surface area contributed by atoms with Crippen molar-refractivity contribution in [1.82, 2.24) is 4.72 Å². The highest BCUT2D eigenvalue weighted by molar-refractivity contribution is 7.89. The Labute approximate surface area is 114 Å². The molecule has 0 aliphatic heterocycles. The molecule has 0 heterocycles. The maximum Gasteiger partial charge on any atom is 0.283 e. The van der Waals surface area contributed by atoms with Crippen LogP contribution in [0.1, 0.15) is 5.56 Å². The first-order valence-electron chi connectivity index (χ1n) is 5.13. The van der Waals surface area contributed by atoms with Crippen molar-refractivity contribution in [3.05, 3.63) is 22.7 Å². The van der Waals surface area contributed by atoms with Gasteiger partial charge in [-0.15, -0.1) is 0 Å². The summed E-state index contributed by atoms with van der Waals surface area (Å²) in [5.41, 5.74) is 5.96. The number of anilines is 1. The summed E-state index contributed by atoms with van der Waals surface area (Å²) in [4.78, 5) is -0.263. The van der Waals surface area contributed by atoms with Gasteiger partial charge in [0.15, 0.2) is 0 Å². The number of rotatable bonds is 5. The molecular formula is C10H13ClF2N2O3S. The number of benzene rings is 1. The molecule has 0 spiro atoms. The van der Waals surface area contributed by atoms with Crippen LogP contribution in [0.5, 0.6) is 0 Å². The average molecular weight is 315 g/mol. The Morgan fingerprint density at radius 2 is 2.05 bits per heavy atom. The van der Waals surface area contributed by atoms with Gasteiger partial charge in [0.25, 0.3) is 5.92 Å². The van der Waals surface area contributed by atoms with Gasteiger partial charge < -0.3 is 10.8 Å². The molecule has 0 aromatic heterocycles. The molecule has 0 saturated heterocycles. The highest BCUT2D eigenvalue weighted by Gasteiger charge is 2.30. The molecule has 0 unspecified atom stereocenters. The minimum absolute atomic E-state index is 0.0379. The summed E-state index contributed by atoms with van der Waals surface area (Å²) in [5, 5.41) is 8.57. The summed E-state index contributed by atoms with van der Waals surface area (Å²) in [7, 11) is -4.15. The van der Waals surface area contributed by atoms with Crippen LogP contribution in [0.15, 0.2) is 17.0 Å². The lowest BCUT2D eigenvalue weighted by atomic mass is 10.2. The third-order valence-corrected chi connectivity index (χ3v) is 4.22. The van der Waals surface area contributed by atoms with Gasteiger partial charge >= 0.3 is 0 Å². The van der Waals surface area contributed by atoms with Gasteiger partial charge in [0.1, 0.15) is 6.61 Å². The van der Waals surface area contributed by atoms with Crippen LogP contribution in [-0.2, 0) is 10.0 Å². The molecule has 0 saturated carbocycles. The number of hydrogen-bond acceptors (Lipinski definition) is 4. The number of sulfonamides is 1. The van der Waals surface area contributed by atoms with Crippen LogP contribution < -0.4 is 10.5 Å². The van der Waals surface area contributed by atoms with Crippen molar-refractivity contribution in [3.63, 3.8) is 0 Å². The third kappa shape index (κ3) is 4.00. The molecule has 19 heavy (non-hydrogen) atoms. The minimum Gasteiger partial charge on any atom is -0.397 e. The standard InChI is InChI=1S/C10H13ClF2N2O3S/c1-6-2-7(3-8(14)9(6)11)19(17,18)15-4-10(12,13)5-16/h2-3,15-16H,4-5,14H2,1H3. The monoisotopic (exact) mass is 314 g/mol. The molecule has 0 aliphatic rings. The normalized spacial score (nSPS) is 12.7. The molecule has 5 nitrogen and oxygen atoms in total. The Hall–Kier alpha value is -0.960. The van der Waals surface area contributed by atoms with Gasteiger partial charge in [-0.25, -0.2) is 21.9 Å². The highest BCUT2D eigenvalue weighted by Crippen LogP contribution is 2.26. The molecule has 0 bridgehead atoms. The fourth-order valence-corrected chi connectivity index (χ4v) is 2.55. The molecule has 1 aromatic carbocycles. The highest BCUT2D eigenvalue weighted by atomic mass is 35.5. The maximum absolute atomic E-state index is 12.8. The van der Waals surface area contributed by atoms with Gasteiger partial charge in [-0.2, -0.15) is 0 Å². The molecule has 1 rings (SSSR count). The number of halogens is 3. The zero-order chi connectivity index (χ0) is 14.8. The van der Waals surface area contributed by atoms with E-state index in [-0.39, 0.29) is 15.6 Å². The number of hydrogen-bond donors (Lipinski definition) is 3. The number of nitrogens with two attached hydrogens (primary N) is 1. The molecule has 0 amide bonds. The van der Waals surface area contributed by atoms with Crippen molar-refractivity contribution in [2.24, 2.45) is 0 Å². The number of aryl methyl sites for hydroxylation is 1. The zero-order valence-corrected chi connectivity index (χ0v) is 11.5. The topological polar surface area (TPSA) is 92.4 Å². The van der Waals surface area contributed by atoms with E-state index < -0.39 is 29.1 Å². The average Bonchev–Trinajstić information content (AvgIpc) is 2.33. The molecule has 1 aromatic rings. The fraction of sp³-hybridized carbons (Fsp3) is 0.400. The van der Waals surface area contributed by atoms with Crippen LogP contribution in [0, 0.1) is 6.92 Å². The molecule has 4 N–H and O–H groups in total. The molecule has 0 atom stereocenters. The number of alkyl halides is 2. The molecule has 9 heteroatoms. The number of nitrogen functional groups attached to an aromatic ring is 1. The van der Waals surface area contributed by atoms with E-state index >= 15 is 0 Å². The Morgan fingerprint density at radius 3 is 2.53 bits per heavy atom. The lowest BCUT2D eigenvalue weighted by molar-refractivity contribution is -0.0437. The number of aliphatic hydroxyl groups is 1. The quantitative estimate of drug-likeness (QED) is 0.711. The van der Waals surface area contributed by atoms with Crippen LogP contribution in [-0.4, -0.2) is 32.6 Å². The van der Waals surface area contributed by atoms with E-state index in [1.807, 2.05) is 0 Å². The molecule has 0 radical (unpaired) electrons. The van der Waals surface area contributed by atoms with Crippen molar-refractivity contribution in [3.8, 4) is 0 Å². The van der Waals surface area contributed by atoms with E-state index in [2.05, 4.69) is 0 Å². The summed E-state index contributed by atoms with van der Waals surface area (Å²) in [6.07, 6.45) is 0. The van der Waals surface area contributed by atoms with E-state index in [0.29, 0.717) is 5.56 Å². The maximum atomic E-state index is 12.8. The van der Waals surface area contributed by atoms with Gasteiger partial charge in [-0.05, 0) is 24.6 Å². The zero-order valence-electron chi connectivity index (χ0n) is 9.95. The largest absolute Gasteiger partial charge is 0.397 e. The predicted octanol–water partition coefficient (Wildman–Crippen LogP) is 1.14. The lowest BCUT2D eigenvalue weighted by Gasteiger charge is -2.15. The second kappa shape index (κ2) is 5.58.